The molecule has 0 heterocycles. The Balaban J connectivity index is 2.01. The fourth-order valence-corrected chi connectivity index (χ4v) is 3.91. The highest BCUT2D eigenvalue weighted by molar-refractivity contribution is 7.92. The Kier molecular flexibility index (Phi) is 6.50. The lowest BCUT2D eigenvalue weighted by Gasteiger charge is -2.12. The van der Waals surface area contributed by atoms with Crippen LogP contribution >= 0.6 is 0 Å². The zero-order chi connectivity index (χ0) is 23.3. The average molecular weight is 455 g/mol. The number of carboxylic acid groups (broad SMARTS) is 2. The molecule has 164 valence electrons. The third kappa shape index (κ3) is 5.46. The van der Waals surface area contributed by atoms with Crippen LogP contribution in [0.3, 0.4) is 0 Å². The van der Waals surface area contributed by atoms with Gasteiger partial charge >= 0.3 is 11.9 Å². The largest absolute Gasteiger partial charge is 0.507 e. The summed E-state index contributed by atoms with van der Waals surface area (Å²) in [5.41, 5.74) is 0.109. The lowest BCUT2D eigenvalue weighted by molar-refractivity contribution is -0.136. The Morgan fingerprint density at radius 1 is 0.906 bits per heavy atom. The number of carboxylic acids is 2. The smallest absolute Gasteiger partial charge is 0.339 e. The molecule has 32 heavy (non-hydrogen) atoms. The molecule has 0 spiro atoms. The summed E-state index contributed by atoms with van der Waals surface area (Å²) in [4.78, 5) is 21.7. The van der Waals surface area contributed by atoms with E-state index in [-0.39, 0.29) is 17.8 Å². The summed E-state index contributed by atoms with van der Waals surface area (Å²) in [7, 11) is -4.35. The van der Waals surface area contributed by atoms with Crippen molar-refractivity contribution in [2.75, 3.05) is 4.72 Å². The molecule has 0 saturated heterocycles. The van der Waals surface area contributed by atoms with E-state index in [9.17, 15) is 28.2 Å². The molecule has 11 heteroatoms. The summed E-state index contributed by atoms with van der Waals surface area (Å²) in [5, 5.41) is 35.9. The maximum absolute atomic E-state index is 13.0. The normalized spacial score (nSPS) is 11.4. The molecule has 0 atom stereocenters. The van der Waals surface area contributed by atoms with Gasteiger partial charge in [-0.05, 0) is 35.9 Å². The molecule has 3 aromatic carbocycles. The number of hydrogen-bond acceptors (Lipinski definition) is 7. The summed E-state index contributed by atoms with van der Waals surface area (Å²) < 4.78 is 28.3. The molecule has 0 fully saturated rings. The van der Waals surface area contributed by atoms with E-state index in [1.54, 1.807) is 30.3 Å². The van der Waals surface area contributed by atoms with Crippen molar-refractivity contribution in [1.82, 2.24) is 0 Å². The molecule has 0 aliphatic rings. The number of aromatic hydroxyl groups is 1. The molecule has 10 nitrogen and oxygen atoms in total. The fourth-order valence-electron chi connectivity index (χ4n) is 2.70. The molecule has 0 bridgehead atoms. The molecule has 0 aromatic heterocycles. The maximum Gasteiger partial charge on any atom is 0.339 e. The van der Waals surface area contributed by atoms with Gasteiger partial charge < -0.3 is 15.3 Å². The average Bonchev–Trinajstić information content (AvgIpc) is 2.73. The molecule has 0 aliphatic carbocycles. The lowest BCUT2D eigenvalue weighted by Crippen LogP contribution is -2.14. The number of hydrogen-bond donors (Lipinski definition) is 4. The Bertz CT molecular complexity index is 1290. The van der Waals surface area contributed by atoms with Gasteiger partial charge in [0, 0.05) is 11.8 Å². The predicted octanol–water partition coefficient (Wildman–Crippen LogP) is 3.93. The van der Waals surface area contributed by atoms with E-state index < -0.39 is 38.2 Å². The second-order valence-electron chi connectivity index (χ2n) is 6.55. The number of nitrogens with one attached hydrogen (secondary N) is 1. The molecule has 0 saturated carbocycles. The highest BCUT2D eigenvalue weighted by Gasteiger charge is 2.24. The van der Waals surface area contributed by atoms with E-state index in [0.29, 0.717) is 11.3 Å². The van der Waals surface area contributed by atoms with Gasteiger partial charge in [0.15, 0.2) is 0 Å². The van der Waals surface area contributed by atoms with Crippen LogP contribution in [-0.2, 0) is 21.2 Å². The first-order valence-corrected chi connectivity index (χ1v) is 10.5. The van der Waals surface area contributed by atoms with E-state index in [4.69, 9.17) is 5.11 Å². The van der Waals surface area contributed by atoms with Crippen molar-refractivity contribution in [1.29, 1.82) is 0 Å². The number of aromatic carboxylic acids is 1. The van der Waals surface area contributed by atoms with Crippen molar-refractivity contribution >= 4 is 39.0 Å². The fraction of sp³-hybridized carbons (Fsp3) is 0.0476. The SMILES string of the molecule is O=C(O)Cc1ccc(NS(=O)(=O)c2cc(C(=O)O)c(O)cc2N=Nc2ccccc2)cc1. The zero-order valence-electron chi connectivity index (χ0n) is 16.3. The topological polar surface area (TPSA) is 166 Å². The predicted molar refractivity (Wildman–Crippen MR) is 114 cm³/mol. The first-order valence-electron chi connectivity index (χ1n) is 9.06. The number of rotatable bonds is 8. The van der Waals surface area contributed by atoms with Crippen LogP contribution in [0.5, 0.6) is 5.75 Å². The van der Waals surface area contributed by atoms with Gasteiger partial charge in [-0.1, -0.05) is 30.3 Å². The summed E-state index contributed by atoms with van der Waals surface area (Å²) in [5.74, 6) is -3.22. The summed E-state index contributed by atoms with van der Waals surface area (Å²) >= 11 is 0. The first kappa shape index (κ1) is 22.4. The van der Waals surface area contributed by atoms with Crippen LogP contribution in [0.2, 0.25) is 0 Å². The van der Waals surface area contributed by atoms with Gasteiger partial charge in [0.05, 0.1) is 12.1 Å². The highest BCUT2D eigenvalue weighted by atomic mass is 32.2. The van der Waals surface area contributed by atoms with Crippen LogP contribution in [0.25, 0.3) is 0 Å². The van der Waals surface area contributed by atoms with E-state index in [1.807, 2.05) is 0 Å². The number of carbonyl (C=O) groups is 2. The molecular formula is C21H17N3O7S. The van der Waals surface area contributed by atoms with E-state index in [1.165, 1.54) is 24.3 Å². The molecule has 3 aromatic rings. The van der Waals surface area contributed by atoms with Gasteiger partial charge in [0.25, 0.3) is 10.0 Å². The van der Waals surface area contributed by atoms with Crippen molar-refractivity contribution in [3.63, 3.8) is 0 Å². The number of azo groups is 1. The molecule has 0 unspecified atom stereocenters. The quantitative estimate of drug-likeness (QED) is 0.373. The monoisotopic (exact) mass is 455 g/mol. The van der Waals surface area contributed by atoms with E-state index >= 15 is 0 Å². The third-order valence-electron chi connectivity index (χ3n) is 4.19. The second kappa shape index (κ2) is 9.27. The Hall–Kier alpha value is -4.25. The van der Waals surface area contributed by atoms with Gasteiger partial charge in [-0.2, -0.15) is 5.11 Å². The minimum absolute atomic E-state index is 0.120. The number of benzene rings is 3. The van der Waals surface area contributed by atoms with Crippen molar-refractivity contribution in [2.24, 2.45) is 10.2 Å². The lowest BCUT2D eigenvalue weighted by atomic mass is 10.1. The standard InChI is InChI=1S/C21H17N3O7S/c25-18-12-17(23-22-14-4-2-1-3-5-14)19(11-16(18)21(28)29)32(30,31)24-15-8-6-13(7-9-15)10-20(26)27/h1-9,11-12,24-25H,10H2,(H,26,27)(H,28,29). The van der Waals surface area contributed by atoms with Gasteiger partial charge in [-0.25, -0.2) is 13.2 Å². The Labute approximate surface area is 182 Å². The highest BCUT2D eigenvalue weighted by Crippen LogP contribution is 2.34. The molecule has 0 amide bonds. The van der Waals surface area contributed by atoms with Crippen LogP contribution in [0.15, 0.2) is 81.9 Å². The van der Waals surface area contributed by atoms with Crippen LogP contribution < -0.4 is 4.72 Å². The van der Waals surface area contributed by atoms with Crippen LogP contribution in [0.4, 0.5) is 17.1 Å². The van der Waals surface area contributed by atoms with E-state index in [2.05, 4.69) is 15.0 Å². The van der Waals surface area contributed by atoms with Crippen molar-refractivity contribution in [3.8, 4) is 5.75 Å². The van der Waals surface area contributed by atoms with Crippen LogP contribution in [0.1, 0.15) is 15.9 Å². The number of aliphatic carboxylic acids is 1. The minimum atomic E-state index is -4.35. The molecule has 0 radical (unpaired) electrons. The van der Waals surface area contributed by atoms with Gasteiger partial charge in [0.2, 0.25) is 0 Å². The molecular weight excluding hydrogens is 438 g/mol. The first-order chi connectivity index (χ1) is 15.2. The number of sulfonamides is 1. The van der Waals surface area contributed by atoms with Crippen molar-refractivity contribution < 1.29 is 33.3 Å². The number of nitrogens with zero attached hydrogens (tertiary/aromatic N) is 2. The van der Waals surface area contributed by atoms with Crippen molar-refractivity contribution in [2.45, 2.75) is 11.3 Å². The molecule has 0 aliphatic heterocycles. The Morgan fingerprint density at radius 3 is 2.16 bits per heavy atom. The summed E-state index contributed by atoms with van der Waals surface area (Å²) in [6, 6.07) is 15.7. The van der Waals surface area contributed by atoms with E-state index in [0.717, 1.165) is 12.1 Å². The molecule has 3 rings (SSSR count). The van der Waals surface area contributed by atoms with Crippen LogP contribution in [0, 0.1) is 0 Å². The number of phenols is 1. The van der Waals surface area contributed by atoms with Crippen molar-refractivity contribution in [3.05, 3.63) is 77.9 Å². The van der Waals surface area contributed by atoms with Gasteiger partial charge in [0.1, 0.15) is 21.9 Å². The minimum Gasteiger partial charge on any atom is -0.507 e. The van der Waals surface area contributed by atoms with Gasteiger partial charge in [-0.3, -0.25) is 9.52 Å². The molecule has 4 N–H and O–H groups in total. The van der Waals surface area contributed by atoms with Gasteiger partial charge in [-0.15, -0.1) is 5.11 Å². The number of anilines is 1. The third-order valence-corrected chi connectivity index (χ3v) is 5.60. The Morgan fingerprint density at radius 2 is 1.56 bits per heavy atom. The zero-order valence-corrected chi connectivity index (χ0v) is 17.2. The summed E-state index contributed by atoms with van der Waals surface area (Å²) in [6.07, 6.45) is -0.225. The maximum atomic E-state index is 13.0. The summed E-state index contributed by atoms with van der Waals surface area (Å²) in [6.45, 7) is 0. The second-order valence-corrected chi connectivity index (χ2v) is 8.20. The van der Waals surface area contributed by atoms with Crippen LogP contribution in [-0.4, -0.2) is 35.7 Å².